The van der Waals surface area contributed by atoms with E-state index in [0.717, 1.165) is 43.1 Å². The fourth-order valence-corrected chi connectivity index (χ4v) is 5.93. The SMILES string of the molecule is Cc1cc(Oc2ccc(OC3CCCCO3)cc2)ccc1[I+]c1ccc(C(C)(C)C)cc1. The van der Waals surface area contributed by atoms with Crippen molar-refractivity contribution in [1.82, 2.24) is 0 Å². The largest absolute Gasteiger partial charge is 0.465 e. The topological polar surface area (TPSA) is 27.7 Å². The summed E-state index contributed by atoms with van der Waals surface area (Å²) >= 11 is -0.214. The van der Waals surface area contributed by atoms with E-state index in [1.807, 2.05) is 24.3 Å². The summed E-state index contributed by atoms with van der Waals surface area (Å²) in [6, 6.07) is 23.3. The molecule has 1 heterocycles. The molecule has 1 unspecified atom stereocenters. The molecule has 0 amide bonds. The van der Waals surface area contributed by atoms with Crippen LogP contribution in [0.2, 0.25) is 0 Å². The third-order valence-electron chi connectivity index (χ3n) is 5.52. The summed E-state index contributed by atoms with van der Waals surface area (Å²) in [6.45, 7) is 9.72. The predicted octanol–water partition coefficient (Wildman–Crippen LogP) is 4.12. The first-order valence-electron chi connectivity index (χ1n) is 11.3. The number of rotatable bonds is 6. The van der Waals surface area contributed by atoms with E-state index in [-0.39, 0.29) is 32.9 Å². The summed E-state index contributed by atoms with van der Waals surface area (Å²) in [5, 5.41) is 0. The summed E-state index contributed by atoms with van der Waals surface area (Å²) in [5.74, 6) is 2.49. The Balaban J connectivity index is 1.36. The van der Waals surface area contributed by atoms with E-state index in [9.17, 15) is 0 Å². The Morgan fingerprint density at radius 2 is 1.53 bits per heavy atom. The van der Waals surface area contributed by atoms with Crippen LogP contribution >= 0.6 is 0 Å². The lowest BCUT2D eigenvalue weighted by molar-refractivity contribution is -0.598. The molecular weight excluding hydrogens is 511 g/mol. The zero-order chi connectivity index (χ0) is 22.6. The molecule has 168 valence electrons. The molecule has 4 rings (SSSR count). The van der Waals surface area contributed by atoms with Crippen molar-refractivity contribution in [1.29, 1.82) is 0 Å². The van der Waals surface area contributed by atoms with Crippen LogP contribution in [0.1, 0.15) is 51.2 Å². The van der Waals surface area contributed by atoms with Crippen molar-refractivity contribution in [2.24, 2.45) is 0 Å². The van der Waals surface area contributed by atoms with Gasteiger partial charge in [0.2, 0.25) is 0 Å². The zero-order valence-electron chi connectivity index (χ0n) is 19.4. The average Bonchev–Trinajstić information content (AvgIpc) is 2.77. The molecule has 4 heteroatoms. The molecule has 0 radical (unpaired) electrons. The summed E-state index contributed by atoms with van der Waals surface area (Å²) in [5.41, 5.74) is 2.86. The first-order valence-corrected chi connectivity index (χ1v) is 13.4. The fourth-order valence-electron chi connectivity index (χ4n) is 3.60. The Morgan fingerprint density at radius 1 is 0.844 bits per heavy atom. The maximum atomic E-state index is 6.09. The van der Waals surface area contributed by atoms with Gasteiger partial charge in [-0.25, -0.2) is 0 Å². The Morgan fingerprint density at radius 3 is 2.16 bits per heavy atom. The molecule has 1 aliphatic rings. The Hall–Kier alpha value is -2.05. The van der Waals surface area contributed by atoms with E-state index in [2.05, 4.69) is 70.2 Å². The van der Waals surface area contributed by atoms with Crippen LogP contribution in [-0.4, -0.2) is 12.9 Å². The molecule has 3 nitrogen and oxygen atoms in total. The lowest BCUT2D eigenvalue weighted by Gasteiger charge is -2.23. The van der Waals surface area contributed by atoms with Gasteiger partial charge in [-0.1, -0.05) is 32.9 Å². The molecule has 3 aromatic carbocycles. The summed E-state index contributed by atoms with van der Waals surface area (Å²) < 4.78 is 20.5. The third kappa shape index (κ3) is 6.26. The zero-order valence-corrected chi connectivity index (χ0v) is 21.5. The van der Waals surface area contributed by atoms with Crippen molar-refractivity contribution in [3.63, 3.8) is 0 Å². The second kappa shape index (κ2) is 10.3. The maximum Gasteiger partial charge on any atom is 0.358 e. The average molecular weight is 543 g/mol. The third-order valence-corrected chi connectivity index (χ3v) is 8.65. The molecule has 32 heavy (non-hydrogen) atoms. The quantitative estimate of drug-likeness (QED) is 0.438. The van der Waals surface area contributed by atoms with Gasteiger partial charge in [-0.05, 0) is 85.3 Å². The van der Waals surface area contributed by atoms with E-state index < -0.39 is 0 Å². The minimum absolute atomic E-state index is 0.126. The van der Waals surface area contributed by atoms with Crippen molar-refractivity contribution >= 4 is 0 Å². The van der Waals surface area contributed by atoms with Gasteiger partial charge >= 0.3 is 21.2 Å². The van der Waals surface area contributed by atoms with Crippen LogP contribution in [-0.2, 0) is 10.2 Å². The molecule has 0 aromatic heterocycles. The highest BCUT2D eigenvalue weighted by molar-refractivity contribution is 5.36. The molecule has 1 aliphatic heterocycles. The van der Waals surface area contributed by atoms with Gasteiger partial charge in [-0.15, -0.1) is 0 Å². The van der Waals surface area contributed by atoms with Crippen molar-refractivity contribution < 1.29 is 35.4 Å². The molecule has 1 saturated heterocycles. The summed E-state index contributed by atoms with van der Waals surface area (Å²) in [6.07, 6.45) is 3.11. The number of hydrogen-bond donors (Lipinski definition) is 0. The minimum atomic E-state index is -0.214. The Labute approximate surface area is 202 Å². The second-order valence-electron chi connectivity index (χ2n) is 9.25. The first kappa shape index (κ1) is 23.1. The van der Waals surface area contributed by atoms with Crippen LogP contribution in [0, 0.1) is 14.1 Å². The molecule has 1 atom stereocenters. The van der Waals surface area contributed by atoms with E-state index >= 15 is 0 Å². The monoisotopic (exact) mass is 543 g/mol. The molecule has 1 fully saturated rings. The number of halogens is 1. The molecule has 0 N–H and O–H groups in total. The van der Waals surface area contributed by atoms with E-state index in [0.29, 0.717) is 0 Å². The molecule has 0 aliphatic carbocycles. The molecular formula is C28H32IO3+. The van der Waals surface area contributed by atoms with Gasteiger partial charge in [-0.3, -0.25) is 0 Å². The number of ether oxygens (including phenoxy) is 3. The van der Waals surface area contributed by atoms with Gasteiger partial charge in [0, 0.05) is 12.0 Å². The van der Waals surface area contributed by atoms with Gasteiger partial charge in [-0.2, -0.15) is 0 Å². The van der Waals surface area contributed by atoms with Crippen molar-refractivity contribution in [3.05, 3.63) is 85.0 Å². The molecule has 0 bridgehead atoms. The summed E-state index contributed by atoms with van der Waals surface area (Å²) in [4.78, 5) is 0. The van der Waals surface area contributed by atoms with Gasteiger partial charge in [0.25, 0.3) is 0 Å². The maximum absolute atomic E-state index is 6.09. The van der Waals surface area contributed by atoms with Crippen molar-refractivity contribution in [3.8, 4) is 17.2 Å². The van der Waals surface area contributed by atoms with Crippen molar-refractivity contribution in [2.45, 2.75) is 58.7 Å². The smallest absolute Gasteiger partial charge is 0.358 e. The van der Waals surface area contributed by atoms with E-state index in [1.165, 1.54) is 18.3 Å². The van der Waals surface area contributed by atoms with Crippen molar-refractivity contribution in [2.75, 3.05) is 6.61 Å². The van der Waals surface area contributed by atoms with Crippen LogP contribution in [0.25, 0.3) is 0 Å². The van der Waals surface area contributed by atoms with Gasteiger partial charge in [0.05, 0.1) is 6.61 Å². The highest BCUT2D eigenvalue weighted by Crippen LogP contribution is 2.26. The minimum Gasteiger partial charge on any atom is -0.465 e. The van der Waals surface area contributed by atoms with E-state index in [4.69, 9.17) is 14.2 Å². The van der Waals surface area contributed by atoms with Gasteiger partial charge in [0.1, 0.15) is 17.2 Å². The van der Waals surface area contributed by atoms with Gasteiger partial charge < -0.3 is 14.2 Å². The number of benzene rings is 3. The number of aryl methyl sites for hydroxylation is 1. The fraction of sp³-hybridized carbons (Fsp3) is 0.357. The second-order valence-corrected chi connectivity index (χ2v) is 12.2. The lowest BCUT2D eigenvalue weighted by Crippen LogP contribution is -3.61. The lowest BCUT2D eigenvalue weighted by atomic mass is 9.87. The normalized spacial score (nSPS) is 16.6. The molecule has 0 saturated carbocycles. The van der Waals surface area contributed by atoms with Crippen LogP contribution in [0.3, 0.4) is 0 Å². The van der Waals surface area contributed by atoms with E-state index in [1.54, 1.807) is 0 Å². The van der Waals surface area contributed by atoms with Crippen LogP contribution in [0.15, 0.2) is 66.7 Å². The molecule has 0 spiro atoms. The summed E-state index contributed by atoms with van der Waals surface area (Å²) in [7, 11) is 0. The highest BCUT2D eigenvalue weighted by atomic mass is 127. The van der Waals surface area contributed by atoms with Crippen LogP contribution in [0.4, 0.5) is 0 Å². The predicted molar refractivity (Wildman–Crippen MR) is 124 cm³/mol. The Bertz CT molecular complexity index is 1010. The van der Waals surface area contributed by atoms with Gasteiger partial charge in [0.15, 0.2) is 13.4 Å². The standard InChI is InChI=1S/C28H32IO3/c1-20-19-25(16-17-26(20)29-22-10-8-21(9-11-22)28(2,3)4)31-23-12-14-24(15-13-23)32-27-7-5-6-18-30-27/h8-17,19,27H,5-7,18H2,1-4H3/q+1. The highest BCUT2D eigenvalue weighted by Gasteiger charge is 2.21. The number of hydrogen-bond acceptors (Lipinski definition) is 3. The van der Waals surface area contributed by atoms with Crippen LogP contribution < -0.4 is 30.7 Å². The first-order chi connectivity index (χ1) is 15.4. The molecule has 3 aromatic rings. The Kier molecular flexibility index (Phi) is 7.41. The van der Waals surface area contributed by atoms with Crippen LogP contribution in [0.5, 0.6) is 17.2 Å².